The Morgan fingerprint density at radius 1 is 1.19 bits per heavy atom. The second kappa shape index (κ2) is 7.37. The molecule has 0 fully saturated rings. The molecule has 0 saturated heterocycles. The Labute approximate surface area is 162 Å². The van der Waals surface area contributed by atoms with E-state index < -0.39 is 4.75 Å². The largest absolute Gasteiger partial charge is 0.465 e. The number of carbonyl (C=O) groups excluding carboxylic acids is 1. The summed E-state index contributed by atoms with van der Waals surface area (Å²) in [5, 5.41) is 1.85. The molecular formula is C20H22N2O2S2. The third-order valence-corrected chi connectivity index (χ3v) is 6.15. The number of hydrogen-bond donors (Lipinski definition) is 0. The quantitative estimate of drug-likeness (QED) is 0.333. The zero-order valence-electron chi connectivity index (χ0n) is 15.6. The van der Waals surface area contributed by atoms with Gasteiger partial charge in [0.15, 0.2) is 0 Å². The molecule has 0 spiro atoms. The first-order chi connectivity index (χ1) is 12.3. The van der Waals surface area contributed by atoms with Crippen molar-refractivity contribution in [1.29, 1.82) is 0 Å². The van der Waals surface area contributed by atoms with E-state index in [2.05, 4.69) is 29.0 Å². The van der Waals surface area contributed by atoms with Gasteiger partial charge in [0.2, 0.25) is 0 Å². The second-order valence-corrected chi connectivity index (χ2v) is 9.30. The molecule has 2 aromatic heterocycles. The summed E-state index contributed by atoms with van der Waals surface area (Å²) in [5.41, 5.74) is 2.28. The van der Waals surface area contributed by atoms with Gasteiger partial charge in [0.1, 0.15) is 20.4 Å². The number of aryl methyl sites for hydroxylation is 2. The van der Waals surface area contributed by atoms with Crippen LogP contribution in [0.15, 0.2) is 35.4 Å². The van der Waals surface area contributed by atoms with Crippen molar-refractivity contribution in [3.8, 4) is 11.1 Å². The van der Waals surface area contributed by atoms with Crippen molar-refractivity contribution in [2.45, 2.75) is 44.4 Å². The van der Waals surface area contributed by atoms with Gasteiger partial charge in [-0.3, -0.25) is 4.79 Å². The molecule has 0 N–H and O–H groups in total. The van der Waals surface area contributed by atoms with Crippen molar-refractivity contribution in [2.75, 3.05) is 6.61 Å². The number of ether oxygens (including phenoxy) is 1. The number of fused-ring (bicyclic) bond motifs is 1. The molecule has 0 saturated carbocycles. The van der Waals surface area contributed by atoms with Gasteiger partial charge in [-0.25, -0.2) is 9.97 Å². The lowest BCUT2D eigenvalue weighted by molar-refractivity contribution is -0.145. The van der Waals surface area contributed by atoms with E-state index in [1.807, 2.05) is 45.9 Å². The van der Waals surface area contributed by atoms with Gasteiger partial charge in [-0.1, -0.05) is 42.1 Å². The smallest absolute Gasteiger partial charge is 0.322 e. The summed E-state index contributed by atoms with van der Waals surface area (Å²) in [6, 6.07) is 10.3. The number of aromatic nitrogens is 2. The van der Waals surface area contributed by atoms with Gasteiger partial charge in [-0.2, -0.15) is 0 Å². The molecule has 4 nitrogen and oxygen atoms in total. The fourth-order valence-electron chi connectivity index (χ4n) is 2.80. The van der Waals surface area contributed by atoms with Crippen LogP contribution in [0.1, 0.15) is 31.5 Å². The monoisotopic (exact) mass is 386 g/mol. The Bertz CT molecular complexity index is 949. The minimum atomic E-state index is -0.729. The Morgan fingerprint density at radius 3 is 2.54 bits per heavy atom. The highest BCUT2D eigenvalue weighted by atomic mass is 32.2. The van der Waals surface area contributed by atoms with Crippen molar-refractivity contribution in [3.63, 3.8) is 0 Å². The molecule has 0 unspecified atom stereocenters. The van der Waals surface area contributed by atoms with E-state index in [1.54, 1.807) is 11.3 Å². The van der Waals surface area contributed by atoms with E-state index in [0.717, 1.165) is 26.4 Å². The molecule has 0 aliphatic carbocycles. The number of thioether (sulfide) groups is 1. The van der Waals surface area contributed by atoms with Crippen LogP contribution < -0.4 is 0 Å². The summed E-state index contributed by atoms with van der Waals surface area (Å²) in [5.74, 6) is 0.475. The molecule has 0 radical (unpaired) electrons. The Morgan fingerprint density at radius 2 is 1.88 bits per heavy atom. The van der Waals surface area contributed by atoms with Crippen molar-refractivity contribution >= 4 is 39.3 Å². The number of carbonyl (C=O) groups is 1. The van der Waals surface area contributed by atoms with Crippen LogP contribution in [0, 0.1) is 13.8 Å². The van der Waals surface area contributed by atoms with Crippen LogP contribution in [0.2, 0.25) is 0 Å². The maximum Gasteiger partial charge on any atom is 0.322 e. The number of rotatable bonds is 5. The predicted octanol–water partition coefficient (Wildman–Crippen LogP) is 5.41. The van der Waals surface area contributed by atoms with Crippen LogP contribution in [0.3, 0.4) is 0 Å². The third kappa shape index (κ3) is 3.62. The van der Waals surface area contributed by atoms with Gasteiger partial charge in [-0.15, -0.1) is 11.3 Å². The lowest BCUT2D eigenvalue weighted by Crippen LogP contribution is -2.30. The minimum Gasteiger partial charge on any atom is -0.465 e. The van der Waals surface area contributed by atoms with Crippen molar-refractivity contribution in [1.82, 2.24) is 9.97 Å². The second-order valence-electron chi connectivity index (χ2n) is 6.49. The number of nitrogens with zero attached hydrogens (tertiary/aromatic N) is 2. The summed E-state index contributed by atoms with van der Waals surface area (Å²) in [6.07, 6.45) is 0. The third-order valence-electron chi connectivity index (χ3n) is 3.99. The average molecular weight is 387 g/mol. The Balaban J connectivity index is 2.18. The molecule has 0 bridgehead atoms. The van der Waals surface area contributed by atoms with E-state index in [1.165, 1.54) is 16.6 Å². The lowest BCUT2D eigenvalue weighted by atomic mass is 10.0. The predicted molar refractivity (Wildman–Crippen MR) is 109 cm³/mol. The van der Waals surface area contributed by atoms with Crippen LogP contribution >= 0.6 is 23.1 Å². The van der Waals surface area contributed by atoms with Crippen LogP contribution in [0.4, 0.5) is 0 Å². The number of benzene rings is 1. The summed E-state index contributed by atoms with van der Waals surface area (Å²) < 4.78 is 4.51. The summed E-state index contributed by atoms with van der Waals surface area (Å²) in [4.78, 5) is 23.8. The standard InChI is InChI=1S/C20H22N2O2S2/c1-6-24-19(23)20(4,5)26-18-16-15(14-10-8-7-9-11-14)12(2)25-17(16)21-13(3)22-18/h7-11H,6H2,1-5H3. The van der Waals surface area contributed by atoms with E-state index in [9.17, 15) is 4.79 Å². The molecule has 0 aliphatic heterocycles. The summed E-state index contributed by atoms with van der Waals surface area (Å²) in [6.45, 7) is 9.93. The first-order valence-electron chi connectivity index (χ1n) is 8.53. The van der Waals surface area contributed by atoms with Gasteiger partial charge < -0.3 is 4.74 Å². The van der Waals surface area contributed by atoms with Gasteiger partial charge in [0, 0.05) is 10.4 Å². The van der Waals surface area contributed by atoms with Gasteiger partial charge >= 0.3 is 5.97 Å². The molecule has 2 heterocycles. The molecule has 26 heavy (non-hydrogen) atoms. The van der Waals surface area contributed by atoms with Crippen molar-refractivity contribution in [2.24, 2.45) is 0 Å². The molecule has 0 aliphatic rings. The minimum absolute atomic E-state index is 0.234. The molecular weight excluding hydrogens is 364 g/mol. The fraction of sp³-hybridized carbons (Fsp3) is 0.350. The van der Waals surface area contributed by atoms with Crippen LogP contribution in [0.25, 0.3) is 21.3 Å². The van der Waals surface area contributed by atoms with Crippen LogP contribution in [0.5, 0.6) is 0 Å². The topological polar surface area (TPSA) is 52.1 Å². The number of hydrogen-bond acceptors (Lipinski definition) is 6. The van der Waals surface area contributed by atoms with Crippen molar-refractivity contribution in [3.05, 3.63) is 41.0 Å². The first kappa shape index (κ1) is 18.9. The highest BCUT2D eigenvalue weighted by Gasteiger charge is 2.33. The molecule has 1 aromatic carbocycles. The fourth-order valence-corrected chi connectivity index (χ4v) is 5.06. The normalized spacial score (nSPS) is 11.7. The van der Waals surface area contributed by atoms with Crippen molar-refractivity contribution < 1.29 is 9.53 Å². The van der Waals surface area contributed by atoms with Gasteiger partial charge in [0.05, 0.1) is 12.0 Å². The molecule has 3 rings (SSSR count). The van der Waals surface area contributed by atoms with Gasteiger partial charge in [0.25, 0.3) is 0 Å². The molecule has 3 aromatic rings. The number of esters is 1. The zero-order chi connectivity index (χ0) is 18.9. The van der Waals surface area contributed by atoms with E-state index in [0.29, 0.717) is 12.4 Å². The lowest BCUT2D eigenvalue weighted by Gasteiger charge is -2.21. The van der Waals surface area contributed by atoms with Crippen LogP contribution in [-0.4, -0.2) is 27.3 Å². The molecule has 136 valence electrons. The number of thiophene rings is 1. The maximum atomic E-state index is 12.4. The maximum absolute atomic E-state index is 12.4. The molecule has 0 atom stereocenters. The molecule has 6 heteroatoms. The highest BCUT2D eigenvalue weighted by Crippen LogP contribution is 2.44. The molecule has 0 amide bonds. The van der Waals surface area contributed by atoms with E-state index in [4.69, 9.17) is 4.74 Å². The Hall–Kier alpha value is -1.92. The SMILES string of the molecule is CCOC(=O)C(C)(C)Sc1nc(C)nc2sc(C)c(-c3ccccc3)c12. The zero-order valence-corrected chi connectivity index (χ0v) is 17.3. The summed E-state index contributed by atoms with van der Waals surface area (Å²) in [7, 11) is 0. The van der Waals surface area contributed by atoms with E-state index >= 15 is 0 Å². The van der Waals surface area contributed by atoms with E-state index in [-0.39, 0.29) is 5.97 Å². The first-order valence-corrected chi connectivity index (χ1v) is 10.2. The Kier molecular flexibility index (Phi) is 5.34. The van der Waals surface area contributed by atoms with Crippen LogP contribution in [-0.2, 0) is 9.53 Å². The highest BCUT2D eigenvalue weighted by molar-refractivity contribution is 8.01. The summed E-state index contributed by atoms with van der Waals surface area (Å²) >= 11 is 3.11. The van der Waals surface area contributed by atoms with Gasteiger partial charge in [-0.05, 0) is 40.2 Å². The average Bonchev–Trinajstić information content (AvgIpc) is 2.91.